The van der Waals surface area contributed by atoms with Gasteiger partial charge in [0, 0.05) is 32.8 Å². The molecule has 0 N–H and O–H groups in total. The largest absolute Gasteiger partial charge is 0.340 e. The summed E-state index contributed by atoms with van der Waals surface area (Å²) in [5.74, 6) is 0. The Kier molecular flexibility index (Phi) is 4.34. The second kappa shape index (κ2) is 6.23. The molecule has 0 saturated carbocycles. The third kappa shape index (κ3) is 2.87. The predicted octanol–water partition coefficient (Wildman–Crippen LogP) is 6.45. The van der Waals surface area contributed by atoms with Gasteiger partial charge in [0.25, 0.3) is 0 Å². The molecule has 0 bridgehead atoms. The van der Waals surface area contributed by atoms with Gasteiger partial charge >= 0.3 is 0 Å². The fraction of sp³-hybridized carbons (Fsp3) is 0.368. The lowest BCUT2D eigenvalue weighted by Crippen LogP contribution is -1.97. The fourth-order valence-corrected chi connectivity index (χ4v) is 3.49. The summed E-state index contributed by atoms with van der Waals surface area (Å²) in [6.45, 7) is 5.55. The Hall–Kier alpha value is -1.28. The minimum Gasteiger partial charge on any atom is -0.340 e. The first-order chi connectivity index (χ1) is 10.2. The zero-order valence-electron chi connectivity index (χ0n) is 12.8. The number of halogens is 1. The van der Waals surface area contributed by atoms with Crippen LogP contribution in [0.1, 0.15) is 38.2 Å². The second-order valence-electron chi connectivity index (χ2n) is 5.89. The van der Waals surface area contributed by atoms with Crippen LogP contribution < -0.4 is 0 Å². The Morgan fingerprint density at radius 3 is 2.38 bits per heavy atom. The number of fused-ring (bicyclic) bond motifs is 3. The molecule has 1 nitrogen and oxygen atoms in total. The van der Waals surface area contributed by atoms with Gasteiger partial charge < -0.3 is 4.57 Å². The van der Waals surface area contributed by atoms with Crippen molar-refractivity contribution >= 4 is 37.7 Å². The molecule has 0 fully saturated rings. The number of hydrogen-bond acceptors (Lipinski definition) is 0. The van der Waals surface area contributed by atoms with Gasteiger partial charge in [-0.2, -0.15) is 0 Å². The number of unbranched alkanes of at least 4 members (excludes halogenated alkanes) is 3. The van der Waals surface area contributed by atoms with Gasteiger partial charge in [-0.25, -0.2) is 0 Å². The number of aryl methyl sites for hydroxylation is 2. The molecule has 0 aliphatic heterocycles. The normalized spacial score (nSPS) is 11.6. The molecule has 0 atom stereocenters. The molecule has 110 valence electrons. The third-order valence-corrected chi connectivity index (χ3v) is 4.71. The maximum atomic E-state index is 3.61. The zero-order valence-corrected chi connectivity index (χ0v) is 14.4. The van der Waals surface area contributed by atoms with E-state index < -0.39 is 0 Å². The number of aromatic nitrogens is 1. The predicted molar refractivity (Wildman–Crippen MR) is 96.0 cm³/mol. The number of rotatable bonds is 5. The van der Waals surface area contributed by atoms with E-state index in [4.69, 9.17) is 0 Å². The monoisotopic (exact) mass is 343 g/mol. The molecule has 0 aliphatic carbocycles. The molecule has 2 heteroatoms. The summed E-state index contributed by atoms with van der Waals surface area (Å²) in [4.78, 5) is 0. The van der Waals surface area contributed by atoms with Crippen LogP contribution in [0, 0.1) is 6.92 Å². The van der Waals surface area contributed by atoms with Crippen LogP contribution in [-0.2, 0) is 6.54 Å². The van der Waals surface area contributed by atoms with E-state index in [-0.39, 0.29) is 0 Å². The smallest absolute Gasteiger partial charge is 0.0492 e. The molecule has 0 unspecified atom stereocenters. The Bertz CT molecular complexity index is 711. The van der Waals surface area contributed by atoms with Gasteiger partial charge in [-0.1, -0.05) is 53.7 Å². The van der Waals surface area contributed by atoms with E-state index in [1.807, 2.05) is 0 Å². The molecule has 0 amide bonds. The van der Waals surface area contributed by atoms with Crippen LogP contribution in [-0.4, -0.2) is 4.57 Å². The van der Waals surface area contributed by atoms with E-state index >= 15 is 0 Å². The van der Waals surface area contributed by atoms with Crippen molar-refractivity contribution in [3.05, 3.63) is 46.4 Å². The molecule has 3 aromatic rings. The molecule has 1 aromatic heterocycles. The number of nitrogens with zero attached hydrogens (tertiary/aromatic N) is 1. The highest BCUT2D eigenvalue weighted by Gasteiger charge is 2.10. The maximum Gasteiger partial charge on any atom is 0.0492 e. The van der Waals surface area contributed by atoms with Crippen molar-refractivity contribution in [3.63, 3.8) is 0 Å². The molecule has 0 aliphatic rings. The molecule has 1 heterocycles. The van der Waals surface area contributed by atoms with Crippen molar-refractivity contribution in [3.8, 4) is 0 Å². The standard InChI is InChI=1S/C19H22BrN/c1-3-4-5-6-11-21-18-9-7-14(2)12-16(18)17-13-15(20)8-10-19(17)21/h7-10,12-13H,3-6,11H2,1-2H3. The van der Waals surface area contributed by atoms with E-state index in [9.17, 15) is 0 Å². The summed E-state index contributed by atoms with van der Waals surface area (Å²) in [7, 11) is 0. The lowest BCUT2D eigenvalue weighted by molar-refractivity contribution is 0.602. The van der Waals surface area contributed by atoms with Gasteiger partial charge in [0.15, 0.2) is 0 Å². The lowest BCUT2D eigenvalue weighted by atomic mass is 10.1. The van der Waals surface area contributed by atoms with Gasteiger partial charge in [0.2, 0.25) is 0 Å². The van der Waals surface area contributed by atoms with Gasteiger partial charge in [0.05, 0.1) is 0 Å². The summed E-state index contributed by atoms with van der Waals surface area (Å²) in [6, 6.07) is 13.5. The van der Waals surface area contributed by atoms with Gasteiger partial charge in [-0.15, -0.1) is 0 Å². The van der Waals surface area contributed by atoms with Gasteiger partial charge in [0.1, 0.15) is 0 Å². The highest BCUT2D eigenvalue weighted by Crippen LogP contribution is 2.32. The maximum absolute atomic E-state index is 3.61. The van der Waals surface area contributed by atoms with E-state index in [1.54, 1.807) is 0 Å². The van der Waals surface area contributed by atoms with Crippen LogP contribution in [0.2, 0.25) is 0 Å². The SMILES string of the molecule is CCCCCCn1c2ccc(C)cc2c2cc(Br)ccc21. The minimum atomic E-state index is 1.12. The van der Waals surface area contributed by atoms with E-state index in [0.717, 1.165) is 11.0 Å². The molecule has 3 rings (SSSR count). The van der Waals surface area contributed by atoms with Crippen molar-refractivity contribution in [2.45, 2.75) is 46.1 Å². The van der Waals surface area contributed by atoms with E-state index in [1.165, 1.54) is 53.1 Å². The van der Waals surface area contributed by atoms with Crippen LogP contribution in [0.3, 0.4) is 0 Å². The van der Waals surface area contributed by atoms with Crippen LogP contribution in [0.4, 0.5) is 0 Å². The third-order valence-electron chi connectivity index (χ3n) is 4.22. The van der Waals surface area contributed by atoms with E-state index in [2.05, 4.69) is 70.7 Å². The Morgan fingerprint density at radius 2 is 1.62 bits per heavy atom. The molecular weight excluding hydrogens is 322 g/mol. The van der Waals surface area contributed by atoms with Crippen LogP contribution in [0.5, 0.6) is 0 Å². The quantitative estimate of drug-likeness (QED) is 0.469. The first-order valence-corrected chi connectivity index (χ1v) is 8.68. The highest BCUT2D eigenvalue weighted by molar-refractivity contribution is 9.10. The zero-order chi connectivity index (χ0) is 14.8. The van der Waals surface area contributed by atoms with Crippen molar-refractivity contribution in [1.82, 2.24) is 4.57 Å². The number of hydrogen-bond donors (Lipinski definition) is 0. The fourth-order valence-electron chi connectivity index (χ4n) is 3.13. The first kappa shape index (κ1) is 14.6. The average molecular weight is 344 g/mol. The molecule has 0 saturated heterocycles. The first-order valence-electron chi connectivity index (χ1n) is 7.89. The van der Waals surface area contributed by atoms with Crippen molar-refractivity contribution in [1.29, 1.82) is 0 Å². The molecule has 21 heavy (non-hydrogen) atoms. The summed E-state index contributed by atoms with van der Waals surface area (Å²) in [6.07, 6.45) is 5.21. The molecule has 0 radical (unpaired) electrons. The van der Waals surface area contributed by atoms with Crippen LogP contribution in [0.15, 0.2) is 40.9 Å². The average Bonchev–Trinajstić information content (AvgIpc) is 2.77. The topological polar surface area (TPSA) is 4.93 Å². The summed E-state index contributed by atoms with van der Waals surface area (Å²) in [5.41, 5.74) is 4.05. The Labute approximate surface area is 135 Å². The number of benzene rings is 2. The lowest BCUT2D eigenvalue weighted by Gasteiger charge is -2.07. The summed E-state index contributed by atoms with van der Waals surface area (Å²) >= 11 is 3.61. The van der Waals surface area contributed by atoms with Crippen molar-refractivity contribution < 1.29 is 0 Å². The highest BCUT2D eigenvalue weighted by atomic mass is 79.9. The molecule has 0 spiro atoms. The van der Waals surface area contributed by atoms with Crippen LogP contribution in [0.25, 0.3) is 21.8 Å². The van der Waals surface area contributed by atoms with Crippen molar-refractivity contribution in [2.75, 3.05) is 0 Å². The van der Waals surface area contributed by atoms with Gasteiger partial charge in [-0.3, -0.25) is 0 Å². The second-order valence-corrected chi connectivity index (χ2v) is 6.81. The van der Waals surface area contributed by atoms with Crippen molar-refractivity contribution in [2.24, 2.45) is 0 Å². The summed E-state index contributed by atoms with van der Waals surface area (Å²) < 4.78 is 3.65. The molecule has 2 aromatic carbocycles. The molecular formula is C19H22BrN. The van der Waals surface area contributed by atoms with Gasteiger partial charge in [-0.05, 0) is 43.7 Å². The Morgan fingerprint density at radius 1 is 0.905 bits per heavy atom. The van der Waals surface area contributed by atoms with Crippen LogP contribution >= 0.6 is 15.9 Å². The Balaban J connectivity index is 2.11. The van der Waals surface area contributed by atoms with E-state index in [0.29, 0.717) is 0 Å². The minimum absolute atomic E-state index is 1.12. The summed E-state index contributed by atoms with van der Waals surface area (Å²) in [5, 5.41) is 2.74.